The number of carbonyl (C=O) groups excluding carboxylic acids is 1. The number of fused-ring (bicyclic) bond motifs is 1. The van der Waals surface area contributed by atoms with Crippen molar-refractivity contribution in [2.75, 3.05) is 61.5 Å². The minimum absolute atomic E-state index is 0.0745. The number of hydrogen-bond acceptors (Lipinski definition) is 6. The molecule has 1 aromatic heterocycles. The molecule has 0 saturated carbocycles. The van der Waals surface area contributed by atoms with Gasteiger partial charge in [0, 0.05) is 38.9 Å². The fourth-order valence-corrected chi connectivity index (χ4v) is 3.80. The highest BCUT2D eigenvalue weighted by molar-refractivity contribution is 5.98. The summed E-state index contributed by atoms with van der Waals surface area (Å²) in [7, 11) is 4.07. The number of hydrogen-bond donors (Lipinski definition) is 0. The molecule has 1 amide bonds. The number of anilines is 3. The van der Waals surface area contributed by atoms with Crippen LogP contribution in [0.3, 0.4) is 0 Å². The zero-order valence-electron chi connectivity index (χ0n) is 16.2. The largest absolute Gasteiger partial charge is 0.354 e. The van der Waals surface area contributed by atoms with Crippen molar-refractivity contribution in [2.45, 2.75) is 13.5 Å². The van der Waals surface area contributed by atoms with E-state index >= 15 is 0 Å². The second-order valence-electron chi connectivity index (χ2n) is 7.46. The van der Waals surface area contributed by atoms with E-state index < -0.39 is 0 Å². The Bertz CT molecular complexity index is 846. The van der Waals surface area contributed by atoms with E-state index in [4.69, 9.17) is 0 Å². The third-order valence-electron chi connectivity index (χ3n) is 5.37. The van der Waals surface area contributed by atoms with Gasteiger partial charge in [-0.15, -0.1) is 0 Å². The van der Waals surface area contributed by atoms with E-state index in [9.17, 15) is 4.79 Å². The third kappa shape index (κ3) is 3.47. The van der Waals surface area contributed by atoms with Crippen molar-refractivity contribution in [3.63, 3.8) is 0 Å². The lowest BCUT2D eigenvalue weighted by Crippen LogP contribution is -2.45. The van der Waals surface area contributed by atoms with Crippen molar-refractivity contribution in [2.24, 2.45) is 0 Å². The van der Waals surface area contributed by atoms with Gasteiger partial charge < -0.3 is 19.6 Å². The van der Waals surface area contributed by atoms with Gasteiger partial charge >= 0.3 is 0 Å². The molecule has 2 aliphatic rings. The van der Waals surface area contributed by atoms with Crippen molar-refractivity contribution in [3.8, 4) is 0 Å². The van der Waals surface area contributed by atoms with E-state index in [0.29, 0.717) is 13.1 Å². The number of rotatable bonds is 2. The van der Waals surface area contributed by atoms with Crippen LogP contribution in [0, 0.1) is 6.92 Å². The monoisotopic (exact) mass is 366 g/mol. The summed E-state index contributed by atoms with van der Waals surface area (Å²) in [5.74, 6) is 1.88. The Hall–Kier alpha value is -2.67. The number of aryl methyl sites for hydroxylation is 1. The van der Waals surface area contributed by atoms with Gasteiger partial charge in [0.25, 0.3) is 0 Å². The highest BCUT2D eigenvalue weighted by atomic mass is 16.2. The second kappa shape index (κ2) is 7.15. The van der Waals surface area contributed by atoms with Crippen molar-refractivity contribution >= 4 is 23.2 Å². The number of nitrogens with zero attached hydrogens (tertiary/aromatic N) is 6. The summed E-state index contributed by atoms with van der Waals surface area (Å²) in [5, 5.41) is 0. The lowest BCUT2D eigenvalue weighted by molar-refractivity contribution is -0.117. The summed E-state index contributed by atoms with van der Waals surface area (Å²) in [5.41, 5.74) is 3.09. The van der Waals surface area contributed by atoms with Gasteiger partial charge in [-0.1, -0.05) is 12.1 Å². The van der Waals surface area contributed by atoms with Crippen LogP contribution in [0.15, 0.2) is 30.6 Å². The lowest BCUT2D eigenvalue weighted by atomic mass is 10.1. The maximum absolute atomic E-state index is 13.0. The fourth-order valence-electron chi connectivity index (χ4n) is 3.80. The SMILES string of the molecule is Cc1cccc(N2Cc3c(ncnc3N3CCN(C)CC3)N(C)CC2=O)c1. The van der Waals surface area contributed by atoms with E-state index in [1.165, 1.54) is 0 Å². The Labute approximate surface area is 160 Å². The Morgan fingerprint density at radius 2 is 1.70 bits per heavy atom. The predicted molar refractivity (Wildman–Crippen MR) is 107 cm³/mol. The zero-order valence-corrected chi connectivity index (χ0v) is 16.2. The van der Waals surface area contributed by atoms with Crippen LogP contribution in [0.25, 0.3) is 0 Å². The van der Waals surface area contributed by atoms with Crippen molar-refractivity contribution in [1.82, 2.24) is 14.9 Å². The molecule has 2 aromatic rings. The van der Waals surface area contributed by atoms with Gasteiger partial charge in [0.2, 0.25) is 5.91 Å². The molecular formula is C20H26N6O. The van der Waals surface area contributed by atoms with Gasteiger partial charge in [-0.2, -0.15) is 0 Å². The van der Waals surface area contributed by atoms with Crippen LogP contribution < -0.4 is 14.7 Å². The van der Waals surface area contributed by atoms with Crippen LogP contribution >= 0.6 is 0 Å². The number of amides is 1. The molecule has 0 bridgehead atoms. The van der Waals surface area contributed by atoms with E-state index in [1.807, 2.05) is 42.0 Å². The standard InChI is InChI=1S/C20H26N6O/c1-15-5-4-6-16(11-15)26-12-17-19(24(3)13-18(26)27)21-14-22-20(17)25-9-7-23(2)8-10-25/h4-6,11,14H,7-10,12-13H2,1-3H3. The predicted octanol–water partition coefficient (Wildman–Crippen LogP) is 1.52. The molecule has 0 atom stereocenters. The molecule has 0 unspecified atom stereocenters. The first-order valence-corrected chi connectivity index (χ1v) is 9.38. The summed E-state index contributed by atoms with van der Waals surface area (Å²) in [6, 6.07) is 8.10. The van der Waals surface area contributed by atoms with Gasteiger partial charge in [0.1, 0.15) is 18.0 Å². The average molecular weight is 366 g/mol. The van der Waals surface area contributed by atoms with Gasteiger partial charge in [0.15, 0.2) is 0 Å². The summed E-state index contributed by atoms with van der Waals surface area (Å²) < 4.78 is 0. The molecule has 7 heteroatoms. The van der Waals surface area contributed by atoms with Crippen LogP contribution in [0.1, 0.15) is 11.1 Å². The molecule has 0 radical (unpaired) electrons. The molecule has 4 rings (SSSR count). The molecular weight excluding hydrogens is 340 g/mol. The smallest absolute Gasteiger partial charge is 0.246 e. The van der Waals surface area contributed by atoms with Gasteiger partial charge in [0.05, 0.1) is 18.7 Å². The molecule has 0 spiro atoms. The van der Waals surface area contributed by atoms with E-state index in [2.05, 4.69) is 32.9 Å². The molecule has 1 saturated heterocycles. The van der Waals surface area contributed by atoms with Gasteiger partial charge in [-0.25, -0.2) is 9.97 Å². The zero-order chi connectivity index (χ0) is 19.0. The molecule has 7 nitrogen and oxygen atoms in total. The summed E-state index contributed by atoms with van der Waals surface area (Å²) in [4.78, 5) is 30.5. The quantitative estimate of drug-likeness (QED) is 0.803. The number of benzene rings is 1. The summed E-state index contributed by atoms with van der Waals surface area (Å²) >= 11 is 0. The molecule has 1 aromatic carbocycles. The Morgan fingerprint density at radius 3 is 2.44 bits per heavy atom. The van der Waals surface area contributed by atoms with Crippen molar-refractivity contribution < 1.29 is 4.79 Å². The highest BCUT2D eigenvalue weighted by Gasteiger charge is 2.30. The molecule has 27 heavy (non-hydrogen) atoms. The summed E-state index contributed by atoms with van der Waals surface area (Å²) in [6.07, 6.45) is 1.62. The minimum atomic E-state index is 0.0745. The Kier molecular flexibility index (Phi) is 4.70. The number of aromatic nitrogens is 2. The highest BCUT2D eigenvalue weighted by Crippen LogP contribution is 2.32. The van der Waals surface area contributed by atoms with Crippen LogP contribution in [-0.4, -0.2) is 67.6 Å². The molecule has 1 fully saturated rings. The second-order valence-corrected chi connectivity index (χ2v) is 7.46. The van der Waals surface area contributed by atoms with Crippen LogP contribution in [-0.2, 0) is 11.3 Å². The first kappa shape index (κ1) is 17.7. The van der Waals surface area contributed by atoms with Crippen molar-refractivity contribution in [3.05, 3.63) is 41.7 Å². The van der Waals surface area contributed by atoms with Crippen molar-refractivity contribution in [1.29, 1.82) is 0 Å². The Morgan fingerprint density at radius 1 is 0.963 bits per heavy atom. The third-order valence-corrected chi connectivity index (χ3v) is 5.37. The van der Waals surface area contributed by atoms with Crippen LogP contribution in [0.2, 0.25) is 0 Å². The maximum atomic E-state index is 13.0. The van der Waals surface area contributed by atoms with Gasteiger partial charge in [-0.05, 0) is 31.7 Å². The van der Waals surface area contributed by atoms with E-state index in [1.54, 1.807) is 6.33 Å². The molecule has 2 aliphatic heterocycles. The fraction of sp³-hybridized carbons (Fsp3) is 0.450. The maximum Gasteiger partial charge on any atom is 0.246 e. The topological polar surface area (TPSA) is 55.8 Å². The average Bonchev–Trinajstić information content (AvgIpc) is 2.78. The van der Waals surface area contributed by atoms with Gasteiger partial charge in [-0.3, -0.25) is 4.79 Å². The minimum Gasteiger partial charge on any atom is -0.354 e. The summed E-state index contributed by atoms with van der Waals surface area (Å²) in [6.45, 7) is 6.73. The van der Waals surface area contributed by atoms with Crippen LogP contribution in [0.5, 0.6) is 0 Å². The number of likely N-dealkylation sites (N-methyl/N-ethyl adjacent to an activating group) is 2. The first-order chi connectivity index (χ1) is 13.0. The first-order valence-electron chi connectivity index (χ1n) is 9.38. The van der Waals surface area contributed by atoms with E-state index in [0.717, 1.165) is 54.6 Å². The molecule has 142 valence electrons. The number of carbonyl (C=O) groups is 1. The molecule has 3 heterocycles. The van der Waals surface area contributed by atoms with E-state index in [-0.39, 0.29) is 5.91 Å². The normalized spacial score (nSPS) is 18.5. The number of piperazine rings is 1. The van der Waals surface area contributed by atoms with Crippen LogP contribution in [0.4, 0.5) is 17.3 Å². The molecule has 0 aliphatic carbocycles. The lowest BCUT2D eigenvalue weighted by Gasteiger charge is -2.35. The molecule has 0 N–H and O–H groups in total. The Balaban J connectivity index is 1.74.